The summed E-state index contributed by atoms with van der Waals surface area (Å²) in [7, 11) is 0. The lowest BCUT2D eigenvalue weighted by Gasteiger charge is -2.58. The largest absolute Gasteiger partial charge is 0.446 e. The molecule has 3 atom stereocenters. The molecule has 242 valence electrons. The van der Waals surface area contributed by atoms with E-state index in [2.05, 4.69) is 58.9 Å². The first kappa shape index (κ1) is 30.7. The zero-order valence-electron chi connectivity index (χ0n) is 27.0. The van der Waals surface area contributed by atoms with E-state index in [1.165, 1.54) is 16.7 Å². The van der Waals surface area contributed by atoms with E-state index >= 15 is 0 Å². The highest BCUT2D eigenvalue weighted by Crippen LogP contribution is 2.53. The van der Waals surface area contributed by atoms with Crippen molar-refractivity contribution in [2.75, 3.05) is 38.0 Å². The third kappa shape index (κ3) is 6.13. The van der Waals surface area contributed by atoms with Gasteiger partial charge in [0.25, 0.3) is 5.91 Å². The Bertz CT molecular complexity index is 1420. The van der Waals surface area contributed by atoms with E-state index < -0.39 is 6.10 Å². The SMILES string of the molecule is CCCCCC(C)C(=O)O[C@H]1NCC12CC(Nc1ccc3c(c1)C(=O)N(CC(O)CN1CCc4ccccc4C1)CC31CC1)C2. The quantitative estimate of drug-likeness (QED) is 0.233. The van der Waals surface area contributed by atoms with Crippen LogP contribution in [0.15, 0.2) is 42.5 Å². The van der Waals surface area contributed by atoms with Crippen LogP contribution < -0.4 is 10.6 Å². The lowest BCUT2D eigenvalue weighted by Crippen LogP contribution is -2.71. The van der Waals surface area contributed by atoms with Crippen molar-refractivity contribution in [1.29, 1.82) is 0 Å². The Morgan fingerprint density at radius 1 is 1.13 bits per heavy atom. The fourth-order valence-electron chi connectivity index (χ4n) is 8.32. The molecule has 1 amide bonds. The zero-order valence-corrected chi connectivity index (χ0v) is 27.0. The first-order chi connectivity index (χ1) is 21.8. The van der Waals surface area contributed by atoms with Gasteiger partial charge in [0.2, 0.25) is 0 Å². The van der Waals surface area contributed by atoms with E-state index in [9.17, 15) is 14.7 Å². The smallest absolute Gasteiger partial charge is 0.310 e. The summed E-state index contributed by atoms with van der Waals surface area (Å²) in [6.07, 6.45) is 8.54. The predicted molar refractivity (Wildman–Crippen MR) is 175 cm³/mol. The van der Waals surface area contributed by atoms with Crippen molar-refractivity contribution in [3.05, 3.63) is 64.7 Å². The maximum absolute atomic E-state index is 13.8. The van der Waals surface area contributed by atoms with Crippen LogP contribution in [0.4, 0.5) is 5.69 Å². The molecular weight excluding hydrogens is 564 g/mol. The fourth-order valence-corrected chi connectivity index (χ4v) is 8.32. The van der Waals surface area contributed by atoms with Gasteiger partial charge in [-0.2, -0.15) is 0 Å². The number of nitrogens with one attached hydrogen (secondary N) is 2. The highest BCUT2D eigenvalue weighted by Gasteiger charge is 2.58. The number of ether oxygens (including phenoxy) is 1. The molecule has 0 aromatic heterocycles. The Morgan fingerprint density at radius 2 is 1.93 bits per heavy atom. The Balaban J connectivity index is 0.937. The third-order valence-corrected chi connectivity index (χ3v) is 11.3. The van der Waals surface area contributed by atoms with E-state index in [-0.39, 0.29) is 40.9 Å². The van der Waals surface area contributed by atoms with Gasteiger partial charge in [0, 0.05) is 67.4 Å². The normalized spacial score (nSPS) is 27.6. The minimum absolute atomic E-state index is 0.0158. The summed E-state index contributed by atoms with van der Waals surface area (Å²) in [5, 5.41) is 18.1. The molecule has 3 heterocycles. The van der Waals surface area contributed by atoms with Gasteiger partial charge >= 0.3 is 5.97 Å². The molecular formula is C37H50N4O4. The number of nitrogens with zero attached hydrogens (tertiary/aromatic N) is 2. The van der Waals surface area contributed by atoms with Gasteiger partial charge in [0.1, 0.15) is 0 Å². The number of carbonyl (C=O) groups excluding carboxylic acids is 2. The van der Waals surface area contributed by atoms with Gasteiger partial charge in [0.05, 0.1) is 12.0 Å². The van der Waals surface area contributed by atoms with Crippen LogP contribution in [0.5, 0.6) is 0 Å². The molecule has 45 heavy (non-hydrogen) atoms. The number of unbranched alkanes of at least 4 members (excludes halogenated alkanes) is 2. The molecule has 0 bridgehead atoms. The molecule has 3 aliphatic heterocycles. The maximum atomic E-state index is 13.8. The molecule has 5 aliphatic rings. The van der Waals surface area contributed by atoms with Gasteiger partial charge in [-0.05, 0) is 67.3 Å². The van der Waals surface area contributed by atoms with Crippen molar-refractivity contribution < 1.29 is 19.4 Å². The van der Waals surface area contributed by atoms with Crippen molar-refractivity contribution >= 4 is 17.6 Å². The third-order valence-electron chi connectivity index (χ3n) is 11.3. The molecule has 1 saturated heterocycles. The van der Waals surface area contributed by atoms with Gasteiger partial charge in [-0.15, -0.1) is 0 Å². The van der Waals surface area contributed by atoms with Crippen LogP contribution in [0, 0.1) is 11.3 Å². The first-order valence-corrected chi connectivity index (χ1v) is 17.4. The van der Waals surface area contributed by atoms with Gasteiger partial charge in [-0.3, -0.25) is 19.8 Å². The average molecular weight is 615 g/mol. The molecule has 3 fully saturated rings. The summed E-state index contributed by atoms with van der Waals surface area (Å²) in [4.78, 5) is 30.7. The second-order valence-electron chi connectivity index (χ2n) is 14.8. The van der Waals surface area contributed by atoms with Crippen LogP contribution in [-0.2, 0) is 27.9 Å². The number of benzene rings is 2. The molecule has 2 unspecified atom stereocenters. The number of aliphatic hydroxyl groups is 1. The van der Waals surface area contributed by atoms with Crippen molar-refractivity contribution in [3.8, 4) is 0 Å². The summed E-state index contributed by atoms with van der Waals surface area (Å²) in [6, 6.07) is 15.2. The van der Waals surface area contributed by atoms with Gasteiger partial charge in [-0.1, -0.05) is 63.4 Å². The average Bonchev–Trinajstić information content (AvgIpc) is 3.79. The molecule has 8 nitrogen and oxygen atoms in total. The molecule has 8 heteroatoms. The number of esters is 1. The Hall–Kier alpha value is -2.94. The second kappa shape index (κ2) is 12.3. The topological polar surface area (TPSA) is 94.1 Å². The number of aliphatic hydroxyl groups excluding tert-OH is 1. The van der Waals surface area contributed by atoms with Crippen LogP contribution in [0.1, 0.15) is 92.3 Å². The zero-order chi connectivity index (χ0) is 31.2. The molecule has 0 radical (unpaired) electrons. The first-order valence-electron chi connectivity index (χ1n) is 17.4. The Morgan fingerprint density at radius 3 is 2.67 bits per heavy atom. The number of rotatable bonds is 12. The van der Waals surface area contributed by atoms with Crippen molar-refractivity contribution in [2.45, 2.75) is 102 Å². The number of hydrogen-bond acceptors (Lipinski definition) is 7. The predicted octanol–water partition coefficient (Wildman–Crippen LogP) is 4.84. The Labute approximate surface area is 267 Å². The second-order valence-corrected chi connectivity index (χ2v) is 14.8. The van der Waals surface area contributed by atoms with E-state index in [4.69, 9.17) is 4.74 Å². The summed E-state index contributed by atoms with van der Waals surface area (Å²) in [5.74, 6) is -0.115. The monoisotopic (exact) mass is 614 g/mol. The molecule has 2 saturated carbocycles. The molecule has 7 rings (SSSR count). The van der Waals surface area contributed by atoms with Crippen molar-refractivity contribution in [1.82, 2.24) is 15.1 Å². The van der Waals surface area contributed by atoms with Crippen LogP contribution in [0.3, 0.4) is 0 Å². The molecule has 2 aliphatic carbocycles. The number of hydrogen-bond donors (Lipinski definition) is 3. The molecule has 3 N–H and O–H groups in total. The number of β-amino-alcohol motifs (C(OH)–C–C–N with tert-alkyl or cyclic N) is 1. The summed E-state index contributed by atoms with van der Waals surface area (Å²) >= 11 is 0. The van der Waals surface area contributed by atoms with Crippen molar-refractivity contribution in [2.24, 2.45) is 11.3 Å². The van der Waals surface area contributed by atoms with Crippen molar-refractivity contribution in [3.63, 3.8) is 0 Å². The highest BCUT2D eigenvalue weighted by molar-refractivity contribution is 5.99. The van der Waals surface area contributed by atoms with Crippen LogP contribution >= 0.6 is 0 Å². The van der Waals surface area contributed by atoms with Crippen LogP contribution in [-0.4, -0.2) is 77.9 Å². The number of amides is 1. The van der Waals surface area contributed by atoms with E-state index in [0.717, 1.165) is 88.7 Å². The lowest BCUT2D eigenvalue weighted by atomic mass is 9.60. The maximum Gasteiger partial charge on any atom is 0.310 e. The molecule has 2 spiro atoms. The number of carbonyl (C=O) groups is 2. The van der Waals surface area contributed by atoms with Gasteiger partial charge in [-0.25, -0.2) is 0 Å². The summed E-state index contributed by atoms with van der Waals surface area (Å²) in [6.45, 7) is 8.45. The number of fused-ring (bicyclic) bond motifs is 3. The van der Waals surface area contributed by atoms with E-state index in [0.29, 0.717) is 19.6 Å². The van der Waals surface area contributed by atoms with Crippen LogP contribution in [0.25, 0.3) is 0 Å². The molecule has 2 aromatic carbocycles. The standard InChI is InChI=1S/C37H50N4O4/c1-3-4-5-8-25(2)34(44)45-35-37(23-38-35)18-29(19-37)39-28-11-12-32-31(17-28)33(43)41(24-36(32)14-15-36)22-30(42)21-40-16-13-26-9-6-7-10-27(26)20-40/h6-7,9-12,17,25,29-30,35,38-39,42H,3-5,8,13-16,18-24H2,1-2H3/t25?,29?,30?,35-,37?/m1/s1. The fraction of sp³-hybridized carbons (Fsp3) is 0.622. The van der Waals surface area contributed by atoms with Gasteiger partial charge < -0.3 is 20.1 Å². The van der Waals surface area contributed by atoms with Gasteiger partial charge in [0.15, 0.2) is 6.23 Å². The van der Waals surface area contributed by atoms with Crippen LogP contribution in [0.2, 0.25) is 0 Å². The van der Waals surface area contributed by atoms with E-state index in [1.54, 1.807) is 0 Å². The highest BCUT2D eigenvalue weighted by atomic mass is 16.6. The summed E-state index contributed by atoms with van der Waals surface area (Å²) in [5.41, 5.74) is 5.72. The van der Waals surface area contributed by atoms with E-state index in [1.807, 2.05) is 17.9 Å². The minimum atomic E-state index is -0.582. The molecule has 2 aromatic rings. The minimum Gasteiger partial charge on any atom is -0.446 e. The number of anilines is 1. The lowest BCUT2D eigenvalue weighted by molar-refractivity contribution is -0.190. The Kier molecular flexibility index (Phi) is 8.42. The summed E-state index contributed by atoms with van der Waals surface area (Å²) < 4.78 is 5.91.